The van der Waals surface area contributed by atoms with Gasteiger partial charge in [0.2, 0.25) is 0 Å². The van der Waals surface area contributed by atoms with Crippen LogP contribution in [0.15, 0.2) is 0 Å². The van der Waals surface area contributed by atoms with E-state index >= 15 is 0 Å². The van der Waals surface area contributed by atoms with Crippen LogP contribution in [0, 0.1) is 17.8 Å². The molecule has 0 aromatic rings. The number of rotatable bonds is 8. The van der Waals surface area contributed by atoms with Crippen molar-refractivity contribution in [2.24, 2.45) is 17.8 Å². The molecule has 1 fully saturated rings. The van der Waals surface area contributed by atoms with Crippen molar-refractivity contribution in [2.75, 3.05) is 26.2 Å². The van der Waals surface area contributed by atoms with Gasteiger partial charge in [-0.25, -0.2) is 0 Å². The first-order valence-electron chi connectivity index (χ1n) is 8.47. The monoisotopic (exact) mass is 268 g/mol. The Morgan fingerprint density at radius 2 is 1.53 bits per heavy atom. The second-order valence-electron chi connectivity index (χ2n) is 7.19. The third-order valence-corrected chi connectivity index (χ3v) is 4.36. The topological polar surface area (TPSA) is 15.3 Å². The maximum absolute atomic E-state index is 3.48. The maximum atomic E-state index is 3.48. The van der Waals surface area contributed by atoms with Gasteiger partial charge in [0.25, 0.3) is 0 Å². The van der Waals surface area contributed by atoms with Crippen molar-refractivity contribution < 1.29 is 0 Å². The largest absolute Gasteiger partial charge is 0.317 e. The van der Waals surface area contributed by atoms with E-state index in [0.717, 1.165) is 23.8 Å². The van der Waals surface area contributed by atoms with Gasteiger partial charge in [0.1, 0.15) is 0 Å². The molecule has 1 rings (SSSR count). The van der Waals surface area contributed by atoms with E-state index < -0.39 is 0 Å². The van der Waals surface area contributed by atoms with Crippen LogP contribution in [0.1, 0.15) is 60.3 Å². The van der Waals surface area contributed by atoms with Gasteiger partial charge < -0.3 is 10.2 Å². The Morgan fingerprint density at radius 3 is 1.95 bits per heavy atom. The van der Waals surface area contributed by atoms with E-state index in [-0.39, 0.29) is 0 Å². The Labute approximate surface area is 121 Å². The molecular formula is C17H36N2. The average Bonchev–Trinajstić information content (AvgIpc) is 2.35. The van der Waals surface area contributed by atoms with Crippen LogP contribution in [0.4, 0.5) is 0 Å². The molecule has 1 heterocycles. The summed E-state index contributed by atoms with van der Waals surface area (Å²) in [6.45, 7) is 16.8. The van der Waals surface area contributed by atoms with Gasteiger partial charge in [0, 0.05) is 12.6 Å². The number of hydrogen-bond acceptors (Lipinski definition) is 2. The Bertz CT molecular complexity index is 209. The van der Waals surface area contributed by atoms with Crippen molar-refractivity contribution in [1.29, 1.82) is 0 Å². The summed E-state index contributed by atoms with van der Waals surface area (Å²) in [6.07, 6.45) is 5.45. The van der Waals surface area contributed by atoms with E-state index in [4.69, 9.17) is 0 Å². The van der Waals surface area contributed by atoms with Crippen LogP contribution < -0.4 is 5.32 Å². The molecule has 0 aromatic carbocycles. The Morgan fingerprint density at radius 1 is 1.00 bits per heavy atom. The Kier molecular flexibility index (Phi) is 8.01. The standard InChI is InChI=1S/C17H36N2/c1-6-19(13-16-7-9-18-10-8-16)17(11-14(2)3)12-15(4)5/h14-18H,6-13H2,1-5H3. The first-order valence-corrected chi connectivity index (χ1v) is 8.47. The Balaban J connectivity index is 2.54. The Hall–Kier alpha value is -0.0800. The van der Waals surface area contributed by atoms with Crippen LogP contribution in [0.2, 0.25) is 0 Å². The van der Waals surface area contributed by atoms with Crippen molar-refractivity contribution in [3.05, 3.63) is 0 Å². The molecule has 0 saturated carbocycles. The average molecular weight is 268 g/mol. The highest BCUT2D eigenvalue weighted by atomic mass is 15.2. The molecule has 1 aliphatic rings. The number of piperidine rings is 1. The van der Waals surface area contributed by atoms with Gasteiger partial charge in [0.15, 0.2) is 0 Å². The molecule has 0 amide bonds. The van der Waals surface area contributed by atoms with Crippen LogP contribution in [0.5, 0.6) is 0 Å². The van der Waals surface area contributed by atoms with Crippen molar-refractivity contribution in [1.82, 2.24) is 10.2 Å². The van der Waals surface area contributed by atoms with Gasteiger partial charge in [-0.15, -0.1) is 0 Å². The van der Waals surface area contributed by atoms with Gasteiger partial charge in [-0.3, -0.25) is 0 Å². The highest BCUT2D eigenvalue weighted by Gasteiger charge is 2.23. The van der Waals surface area contributed by atoms with Gasteiger partial charge in [-0.2, -0.15) is 0 Å². The lowest BCUT2D eigenvalue weighted by molar-refractivity contribution is 0.126. The molecule has 0 radical (unpaired) electrons. The molecule has 0 spiro atoms. The van der Waals surface area contributed by atoms with Crippen molar-refractivity contribution in [2.45, 2.75) is 66.3 Å². The number of nitrogens with one attached hydrogen (secondary N) is 1. The number of hydrogen-bond donors (Lipinski definition) is 1. The van der Waals surface area contributed by atoms with Crippen molar-refractivity contribution in [3.8, 4) is 0 Å². The summed E-state index contributed by atoms with van der Waals surface area (Å²) in [5.74, 6) is 2.54. The molecule has 1 aliphatic heterocycles. The SMILES string of the molecule is CCN(CC1CCNCC1)C(CC(C)C)CC(C)C. The second kappa shape index (κ2) is 8.97. The zero-order valence-corrected chi connectivity index (χ0v) is 13.9. The second-order valence-corrected chi connectivity index (χ2v) is 7.19. The fraction of sp³-hybridized carbons (Fsp3) is 1.00. The molecule has 0 aliphatic carbocycles. The van der Waals surface area contributed by atoms with Gasteiger partial charge in [-0.1, -0.05) is 34.6 Å². The van der Waals surface area contributed by atoms with Crippen molar-refractivity contribution >= 4 is 0 Å². The zero-order chi connectivity index (χ0) is 14.3. The van der Waals surface area contributed by atoms with Gasteiger partial charge in [-0.05, 0) is 63.1 Å². The van der Waals surface area contributed by atoms with Crippen LogP contribution >= 0.6 is 0 Å². The minimum atomic E-state index is 0.792. The van der Waals surface area contributed by atoms with Crippen LogP contribution in [0.25, 0.3) is 0 Å². The highest BCUT2D eigenvalue weighted by Crippen LogP contribution is 2.22. The normalized spacial score (nSPS) is 18.2. The first-order chi connectivity index (χ1) is 9.02. The van der Waals surface area contributed by atoms with E-state index in [0.29, 0.717) is 0 Å². The lowest BCUT2D eigenvalue weighted by atomic mass is 9.91. The molecular weight excluding hydrogens is 232 g/mol. The maximum Gasteiger partial charge on any atom is 0.0100 e. The smallest absolute Gasteiger partial charge is 0.0100 e. The summed E-state index contributed by atoms with van der Waals surface area (Å²) in [4.78, 5) is 2.77. The number of nitrogens with zero attached hydrogens (tertiary/aromatic N) is 1. The lowest BCUT2D eigenvalue weighted by Gasteiger charge is -2.37. The predicted octanol–water partition coefficient (Wildman–Crippen LogP) is 3.77. The first kappa shape index (κ1) is 17.0. The van der Waals surface area contributed by atoms with Gasteiger partial charge in [0.05, 0.1) is 0 Å². The molecule has 0 atom stereocenters. The highest BCUT2D eigenvalue weighted by molar-refractivity contribution is 4.78. The molecule has 19 heavy (non-hydrogen) atoms. The van der Waals surface area contributed by atoms with Crippen LogP contribution in [0.3, 0.4) is 0 Å². The summed E-state index contributed by atoms with van der Waals surface area (Å²) >= 11 is 0. The third kappa shape index (κ3) is 6.76. The summed E-state index contributed by atoms with van der Waals surface area (Å²) < 4.78 is 0. The summed E-state index contributed by atoms with van der Waals surface area (Å²) in [5.41, 5.74) is 0. The fourth-order valence-electron chi connectivity index (χ4n) is 3.41. The van der Waals surface area contributed by atoms with Gasteiger partial charge >= 0.3 is 0 Å². The van der Waals surface area contributed by atoms with E-state index in [1.165, 1.54) is 51.9 Å². The minimum Gasteiger partial charge on any atom is -0.317 e. The molecule has 0 aromatic heterocycles. The molecule has 0 unspecified atom stereocenters. The van der Waals surface area contributed by atoms with Crippen LogP contribution in [-0.2, 0) is 0 Å². The van der Waals surface area contributed by atoms with Crippen molar-refractivity contribution in [3.63, 3.8) is 0 Å². The minimum absolute atomic E-state index is 0.792. The van der Waals surface area contributed by atoms with E-state index in [9.17, 15) is 0 Å². The molecule has 114 valence electrons. The molecule has 1 N–H and O–H groups in total. The third-order valence-electron chi connectivity index (χ3n) is 4.36. The summed E-state index contributed by atoms with van der Waals surface area (Å²) in [7, 11) is 0. The lowest BCUT2D eigenvalue weighted by Crippen LogP contribution is -2.42. The zero-order valence-electron chi connectivity index (χ0n) is 13.9. The molecule has 2 heteroatoms. The molecule has 0 bridgehead atoms. The predicted molar refractivity (Wildman–Crippen MR) is 85.5 cm³/mol. The molecule has 1 saturated heterocycles. The molecule has 2 nitrogen and oxygen atoms in total. The summed E-state index contributed by atoms with van der Waals surface area (Å²) in [5, 5.41) is 3.48. The van der Waals surface area contributed by atoms with E-state index in [2.05, 4.69) is 44.8 Å². The summed E-state index contributed by atoms with van der Waals surface area (Å²) in [6, 6.07) is 0.792. The van der Waals surface area contributed by atoms with Crippen LogP contribution in [-0.4, -0.2) is 37.1 Å². The quantitative estimate of drug-likeness (QED) is 0.721. The fourth-order valence-corrected chi connectivity index (χ4v) is 3.41. The van der Waals surface area contributed by atoms with E-state index in [1.54, 1.807) is 0 Å². The van der Waals surface area contributed by atoms with E-state index in [1.807, 2.05) is 0 Å².